The van der Waals surface area contributed by atoms with Gasteiger partial charge in [-0.25, -0.2) is 9.97 Å². The van der Waals surface area contributed by atoms with E-state index in [1.807, 2.05) is 6.07 Å². The van der Waals surface area contributed by atoms with Gasteiger partial charge in [-0.3, -0.25) is 9.59 Å². The zero-order valence-corrected chi connectivity index (χ0v) is 12.1. The summed E-state index contributed by atoms with van der Waals surface area (Å²) in [5.41, 5.74) is 1.19. The molecule has 0 aromatic carbocycles. The Kier molecular flexibility index (Phi) is 2.88. The first-order valence-electron chi connectivity index (χ1n) is 7.06. The van der Waals surface area contributed by atoms with Crippen molar-refractivity contribution in [3.63, 3.8) is 0 Å². The molecule has 2 fully saturated rings. The molecule has 0 bridgehead atoms. The van der Waals surface area contributed by atoms with E-state index in [1.165, 1.54) is 19.0 Å². The quantitative estimate of drug-likeness (QED) is 0.892. The minimum absolute atomic E-state index is 0.119. The Morgan fingerprint density at radius 2 is 2.24 bits per heavy atom. The van der Waals surface area contributed by atoms with Crippen LogP contribution in [0.25, 0.3) is 10.3 Å². The number of fused-ring (bicyclic) bond motifs is 1. The van der Waals surface area contributed by atoms with Crippen molar-refractivity contribution in [2.45, 2.75) is 31.2 Å². The summed E-state index contributed by atoms with van der Waals surface area (Å²) in [6, 6.07) is 1.38. The summed E-state index contributed by atoms with van der Waals surface area (Å²) in [4.78, 5) is 32.5. The first-order chi connectivity index (χ1) is 10.2. The van der Waals surface area contributed by atoms with Crippen molar-refractivity contribution in [1.82, 2.24) is 20.6 Å². The Bertz CT molecular complexity index is 738. The van der Waals surface area contributed by atoms with Crippen LogP contribution in [0.3, 0.4) is 0 Å². The Hall–Kier alpha value is -2.02. The van der Waals surface area contributed by atoms with Gasteiger partial charge in [0.05, 0.1) is 15.3 Å². The number of rotatable bonds is 3. The van der Waals surface area contributed by atoms with Crippen LogP contribution in [0.2, 0.25) is 0 Å². The van der Waals surface area contributed by atoms with Gasteiger partial charge in [-0.05, 0) is 25.3 Å². The van der Waals surface area contributed by atoms with E-state index in [4.69, 9.17) is 0 Å². The van der Waals surface area contributed by atoms with Gasteiger partial charge in [-0.1, -0.05) is 0 Å². The number of carbonyl (C=O) groups excluding carboxylic acids is 2. The number of hydrogen-bond acceptors (Lipinski definition) is 5. The van der Waals surface area contributed by atoms with Crippen LogP contribution in [-0.4, -0.2) is 34.4 Å². The second-order valence-corrected chi connectivity index (χ2v) is 6.54. The van der Waals surface area contributed by atoms with Crippen molar-refractivity contribution in [2.24, 2.45) is 0 Å². The summed E-state index contributed by atoms with van der Waals surface area (Å²) < 4.78 is 0.931. The van der Waals surface area contributed by atoms with E-state index in [2.05, 4.69) is 20.6 Å². The summed E-state index contributed by atoms with van der Waals surface area (Å²) in [7, 11) is 0. The van der Waals surface area contributed by atoms with Crippen LogP contribution < -0.4 is 10.6 Å². The number of amides is 2. The lowest BCUT2D eigenvalue weighted by Crippen LogP contribution is -2.40. The average molecular weight is 302 g/mol. The molecule has 0 spiro atoms. The Balaban J connectivity index is 1.57. The highest BCUT2D eigenvalue weighted by Crippen LogP contribution is 2.42. The summed E-state index contributed by atoms with van der Waals surface area (Å²) >= 11 is 1.61. The molecule has 1 atom stereocenters. The molecule has 2 N–H and O–H groups in total. The highest BCUT2D eigenvalue weighted by Gasteiger charge is 2.28. The van der Waals surface area contributed by atoms with Gasteiger partial charge in [0, 0.05) is 18.7 Å². The number of pyridine rings is 1. The van der Waals surface area contributed by atoms with Crippen molar-refractivity contribution in [1.29, 1.82) is 0 Å². The van der Waals surface area contributed by atoms with Gasteiger partial charge in [0.2, 0.25) is 5.91 Å². The Morgan fingerprint density at radius 1 is 1.38 bits per heavy atom. The lowest BCUT2D eigenvalue weighted by atomic mass is 10.2. The van der Waals surface area contributed by atoms with Gasteiger partial charge in [0.25, 0.3) is 5.91 Å². The lowest BCUT2D eigenvalue weighted by Gasteiger charge is -2.09. The molecule has 108 valence electrons. The van der Waals surface area contributed by atoms with Crippen molar-refractivity contribution in [3.05, 3.63) is 22.8 Å². The fraction of sp³-hybridized carbons (Fsp3) is 0.429. The molecule has 1 aliphatic carbocycles. The second kappa shape index (κ2) is 4.77. The minimum Gasteiger partial charge on any atom is -0.354 e. The molecule has 1 saturated carbocycles. The topological polar surface area (TPSA) is 84.0 Å². The van der Waals surface area contributed by atoms with Crippen LogP contribution in [-0.2, 0) is 4.79 Å². The average Bonchev–Trinajstić information content (AvgIpc) is 3.13. The number of hydrogen-bond donors (Lipinski definition) is 2. The molecule has 1 saturated heterocycles. The molecular weight excluding hydrogens is 288 g/mol. The molecule has 2 aromatic heterocycles. The molecule has 6 nitrogen and oxygen atoms in total. The smallest absolute Gasteiger partial charge is 0.253 e. The lowest BCUT2D eigenvalue weighted by molar-refractivity contribution is -0.120. The van der Waals surface area contributed by atoms with Gasteiger partial charge in [-0.2, -0.15) is 0 Å². The largest absolute Gasteiger partial charge is 0.354 e. The molecule has 2 aliphatic rings. The van der Waals surface area contributed by atoms with Gasteiger partial charge in [0.1, 0.15) is 6.04 Å². The van der Waals surface area contributed by atoms with Crippen LogP contribution in [0.15, 0.2) is 12.3 Å². The van der Waals surface area contributed by atoms with Crippen LogP contribution in [0.1, 0.15) is 40.5 Å². The minimum atomic E-state index is -0.434. The summed E-state index contributed by atoms with van der Waals surface area (Å²) in [6.07, 6.45) is 4.56. The van der Waals surface area contributed by atoms with Crippen molar-refractivity contribution in [2.75, 3.05) is 6.54 Å². The highest BCUT2D eigenvalue weighted by molar-refractivity contribution is 7.18. The van der Waals surface area contributed by atoms with E-state index in [9.17, 15) is 9.59 Å². The van der Waals surface area contributed by atoms with Crippen LogP contribution >= 0.6 is 11.3 Å². The summed E-state index contributed by atoms with van der Waals surface area (Å²) in [6.45, 7) is 0.612. The molecule has 0 unspecified atom stereocenters. The SMILES string of the molecule is O=C(N[C@H]1CCNC1=O)c1cnc2nc(C3CC3)sc2c1. The van der Waals surface area contributed by atoms with Gasteiger partial charge >= 0.3 is 0 Å². The molecule has 7 heteroatoms. The highest BCUT2D eigenvalue weighted by atomic mass is 32.1. The van der Waals surface area contributed by atoms with E-state index in [0.717, 1.165) is 9.71 Å². The summed E-state index contributed by atoms with van der Waals surface area (Å²) in [5.74, 6) is 0.211. The number of aromatic nitrogens is 2. The first kappa shape index (κ1) is 12.7. The van der Waals surface area contributed by atoms with Crippen LogP contribution in [0, 0.1) is 0 Å². The van der Waals surface area contributed by atoms with Crippen LogP contribution in [0.5, 0.6) is 0 Å². The van der Waals surface area contributed by atoms with E-state index in [1.54, 1.807) is 11.3 Å². The standard InChI is InChI=1S/C14H14N4O2S/c19-12(17-9-3-4-15-13(9)20)8-5-10-11(16-6-8)18-14(21-10)7-1-2-7/h5-7,9H,1-4H2,(H,15,20)(H,17,19)/t9-/m0/s1. The van der Waals surface area contributed by atoms with E-state index in [-0.39, 0.29) is 11.8 Å². The van der Waals surface area contributed by atoms with E-state index >= 15 is 0 Å². The zero-order valence-electron chi connectivity index (χ0n) is 11.3. The molecule has 4 rings (SSSR count). The van der Waals surface area contributed by atoms with Crippen molar-refractivity contribution < 1.29 is 9.59 Å². The van der Waals surface area contributed by atoms with E-state index in [0.29, 0.717) is 30.1 Å². The monoisotopic (exact) mass is 302 g/mol. The molecule has 21 heavy (non-hydrogen) atoms. The maximum atomic E-state index is 12.2. The molecule has 2 aromatic rings. The molecule has 0 radical (unpaired) electrons. The third-order valence-corrected chi connectivity index (χ3v) is 4.96. The fourth-order valence-corrected chi connectivity index (χ4v) is 3.57. The van der Waals surface area contributed by atoms with Gasteiger partial charge in [-0.15, -0.1) is 11.3 Å². The predicted octanol–water partition coefficient (Wildman–Crippen LogP) is 1.19. The predicted molar refractivity (Wildman–Crippen MR) is 78.3 cm³/mol. The normalized spacial score (nSPS) is 21.5. The zero-order chi connectivity index (χ0) is 14.4. The molecule has 2 amide bonds. The van der Waals surface area contributed by atoms with Crippen LogP contribution in [0.4, 0.5) is 0 Å². The maximum Gasteiger partial charge on any atom is 0.253 e. The third-order valence-electron chi connectivity index (χ3n) is 3.81. The van der Waals surface area contributed by atoms with Gasteiger partial charge < -0.3 is 10.6 Å². The van der Waals surface area contributed by atoms with Crippen molar-refractivity contribution >= 4 is 33.5 Å². The third kappa shape index (κ3) is 2.37. The van der Waals surface area contributed by atoms with Crippen molar-refractivity contribution in [3.8, 4) is 0 Å². The molecule has 1 aliphatic heterocycles. The molecule has 3 heterocycles. The summed E-state index contributed by atoms with van der Waals surface area (Å²) in [5, 5.41) is 6.56. The number of carbonyl (C=O) groups is 2. The Morgan fingerprint density at radius 3 is 2.95 bits per heavy atom. The van der Waals surface area contributed by atoms with E-state index < -0.39 is 6.04 Å². The maximum absolute atomic E-state index is 12.2. The number of thiazole rings is 1. The Labute approximate surface area is 125 Å². The van der Waals surface area contributed by atoms with Gasteiger partial charge in [0.15, 0.2) is 5.65 Å². The number of nitrogens with one attached hydrogen (secondary N) is 2. The number of nitrogens with zero attached hydrogens (tertiary/aromatic N) is 2. The first-order valence-corrected chi connectivity index (χ1v) is 7.87. The second-order valence-electron chi connectivity index (χ2n) is 5.48. The molecular formula is C14H14N4O2S. The fourth-order valence-electron chi connectivity index (χ4n) is 2.44.